The van der Waals surface area contributed by atoms with Crippen molar-refractivity contribution in [3.05, 3.63) is 35.4 Å². The maximum Gasteiger partial charge on any atom is 0.234 e. The van der Waals surface area contributed by atoms with E-state index < -0.39 is 17.7 Å². The van der Waals surface area contributed by atoms with E-state index in [0.29, 0.717) is 0 Å². The fourth-order valence-corrected chi connectivity index (χ4v) is 1.59. The largest absolute Gasteiger partial charge is 0.348 e. The van der Waals surface area contributed by atoms with Gasteiger partial charge in [-0.1, -0.05) is 19.9 Å². The molecule has 102 valence electrons. The molecular formula is C12H17ClF2N2O. The fourth-order valence-electron chi connectivity index (χ4n) is 1.59. The topological polar surface area (TPSA) is 55.1 Å². The summed E-state index contributed by atoms with van der Waals surface area (Å²) in [5.74, 6) is -1.70. The van der Waals surface area contributed by atoms with Gasteiger partial charge in [0.15, 0.2) is 0 Å². The van der Waals surface area contributed by atoms with Crippen LogP contribution in [0.1, 0.15) is 25.5 Å². The van der Waals surface area contributed by atoms with E-state index in [1.807, 2.05) is 13.8 Å². The van der Waals surface area contributed by atoms with Crippen LogP contribution in [0.4, 0.5) is 8.78 Å². The van der Waals surface area contributed by atoms with Gasteiger partial charge in [0.25, 0.3) is 0 Å². The summed E-state index contributed by atoms with van der Waals surface area (Å²) in [5.41, 5.74) is 5.46. The number of carbonyl (C=O) groups excluding carboxylic acids is 1. The summed E-state index contributed by atoms with van der Waals surface area (Å²) in [6.45, 7) is 3.51. The Bertz CT molecular complexity index is 413. The van der Waals surface area contributed by atoms with E-state index in [-0.39, 0.29) is 36.3 Å². The summed E-state index contributed by atoms with van der Waals surface area (Å²) in [6.07, 6.45) is 0. The molecule has 0 fully saturated rings. The van der Waals surface area contributed by atoms with Gasteiger partial charge in [-0.3, -0.25) is 4.79 Å². The Labute approximate surface area is 111 Å². The minimum atomic E-state index is -0.666. The van der Waals surface area contributed by atoms with Crippen LogP contribution in [0.25, 0.3) is 0 Å². The Morgan fingerprint density at radius 3 is 2.44 bits per heavy atom. The Morgan fingerprint density at radius 2 is 2.00 bits per heavy atom. The summed E-state index contributed by atoms with van der Waals surface area (Å²) < 4.78 is 26.4. The lowest BCUT2D eigenvalue weighted by atomic mass is 9.95. The van der Waals surface area contributed by atoms with E-state index in [1.165, 1.54) is 12.1 Å². The molecular weight excluding hydrogens is 262 g/mol. The van der Waals surface area contributed by atoms with Crippen molar-refractivity contribution in [3.8, 4) is 0 Å². The maximum atomic E-state index is 13.6. The smallest absolute Gasteiger partial charge is 0.234 e. The molecule has 0 aliphatic rings. The van der Waals surface area contributed by atoms with Gasteiger partial charge in [0.2, 0.25) is 5.91 Å². The highest BCUT2D eigenvalue weighted by molar-refractivity contribution is 5.85. The normalized spacial score (nSPS) is 11.9. The molecule has 0 aromatic heterocycles. The number of rotatable bonds is 4. The number of hydrogen-bond donors (Lipinski definition) is 2. The molecule has 18 heavy (non-hydrogen) atoms. The molecule has 1 rings (SSSR count). The Morgan fingerprint density at radius 1 is 1.39 bits per heavy atom. The van der Waals surface area contributed by atoms with Gasteiger partial charge in [-0.05, 0) is 12.0 Å². The lowest BCUT2D eigenvalue weighted by Gasteiger charge is -2.23. The monoisotopic (exact) mass is 278 g/mol. The first kappa shape index (κ1) is 16.8. The van der Waals surface area contributed by atoms with Gasteiger partial charge >= 0.3 is 0 Å². The Kier molecular flexibility index (Phi) is 6.80. The summed E-state index contributed by atoms with van der Waals surface area (Å²) in [7, 11) is 0. The van der Waals surface area contributed by atoms with Gasteiger partial charge in [0, 0.05) is 11.6 Å². The first-order valence-electron chi connectivity index (χ1n) is 5.40. The molecule has 1 aromatic carbocycles. The van der Waals surface area contributed by atoms with Gasteiger partial charge in [0.05, 0.1) is 12.6 Å². The van der Waals surface area contributed by atoms with Crippen LogP contribution in [0.5, 0.6) is 0 Å². The Hall–Kier alpha value is -1.20. The third-order valence-corrected chi connectivity index (χ3v) is 2.47. The van der Waals surface area contributed by atoms with Crippen LogP contribution in [0, 0.1) is 17.6 Å². The summed E-state index contributed by atoms with van der Waals surface area (Å²) in [6, 6.07) is 2.81. The molecule has 1 atom stereocenters. The lowest BCUT2D eigenvalue weighted by molar-refractivity contribution is -0.120. The van der Waals surface area contributed by atoms with E-state index in [4.69, 9.17) is 5.73 Å². The molecule has 0 aliphatic heterocycles. The molecule has 3 nitrogen and oxygen atoms in total. The second-order valence-electron chi connectivity index (χ2n) is 4.16. The number of carbonyl (C=O) groups is 1. The van der Waals surface area contributed by atoms with Crippen LogP contribution in [0.3, 0.4) is 0 Å². The Balaban J connectivity index is 0.00000289. The van der Waals surface area contributed by atoms with Crippen molar-refractivity contribution in [2.75, 3.05) is 6.54 Å². The molecule has 0 bridgehead atoms. The number of amides is 1. The highest BCUT2D eigenvalue weighted by Crippen LogP contribution is 2.24. The van der Waals surface area contributed by atoms with E-state index in [9.17, 15) is 13.6 Å². The predicted molar refractivity (Wildman–Crippen MR) is 68.4 cm³/mol. The van der Waals surface area contributed by atoms with Crippen molar-refractivity contribution in [1.29, 1.82) is 0 Å². The van der Waals surface area contributed by atoms with Crippen molar-refractivity contribution in [1.82, 2.24) is 5.32 Å². The molecule has 0 saturated carbocycles. The highest BCUT2D eigenvalue weighted by Gasteiger charge is 2.21. The zero-order valence-electron chi connectivity index (χ0n) is 10.2. The SMILES string of the molecule is CC(C)C(NC(=O)CN)c1ccc(F)cc1F.Cl. The number of benzene rings is 1. The molecule has 1 aromatic rings. The number of hydrogen-bond acceptors (Lipinski definition) is 2. The van der Waals surface area contributed by atoms with Gasteiger partial charge in [-0.2, -0.15) is 0 Å². The minimum Gasteiger partial charge on any atom is -0.348 e. The maximum absolute atomic E-state index is 13.6. The van der Waals surface area contributed by atoms with E-state index in [2.05, 4.69) is 5.32 Å². The van der Waals surface area contributed by atoms with Crippen LogP contribution in [0.2, 0.25) is 0 Å². The first-order chi connectivity index (χ1) is 7.95. The lowest BCUT2D eigenvalue weighted by Crippen LogP contribution is -2.36. The fraction of sp³-hybridized carbons (Fsp3) is 0.417. The number of nitrogens with one attached hydrogen (secondary N) is 1. The zero-order valence-corrected chi connectivity index (χ0v) is 11.1. The second kappa shape index (κ2) is 7.28. The average Bonchev–Trinajstić information content (AvgIpc) is 2.26. The van der Waals surface area contributed by atoms with Crippen molar-refractivity contribution in [2.24, 2.45) is 11.7 Å². The average molecular weight is 279 g/mol. The summed E-state index contributed by atoms with van der Waals surface area (Å²) >= 11 is 0. The summed E-state index contributed by atoms with van der Waals surface area (Å²) in [4.78, 5) is 11.2. The minimum absolute atomic E-state index is 0. The zero-order chi connectivity index (χ0) is 13.0. The van der Waals surface area contributed by atoms with Gasteiger partial charge in [-0.25, -0.2) is 8.78 Å². The van der Waals surface area contributed by atoms with Crippen LogP contribution in [0.15, 0.2) is 18.2 Å². The van der Waals surface area contributed by atoms with Crippen molar-refractivity contribution in [3.63, 3.8) is 0 Å². The molecule has 0 aliphatic carbocycles. The third-order valence-electron chi connectivity index (χ3n) is 2.47. The van der Waals surface area contributed by atoms with Crippen LogP contribution in [-0.2, 0) is 4.79 Å². The van der Waals surface area contributed by atoms with Crippen LogP contribution < -0.4 is 11.1 Å². The molecule has 3 N–H and O–H groups in total. The van der Waals surface area contributed by atoms with Crippen molar-refractivity contribution < 1.29 is 13.6 Å². The third kappa shape index (κ3) is 4.23. The second-order valence-corrected chi connectivity index (χ2v) is 4.16. The van der Waals surface area contributed by atoms with Crippen molar-refractivity contribution in [2.45, 2.75) is 19.9 Å². The number of nitrogens with two attached hydrogens (primary N) is 1. The van der Waals surface area contributed by atoms with Gasteiger partial charge in [0.1, 0.15) is 11.6 Å². The van der Waals surface area contributed by atoms with Gasteiger partial charge < -0.3 is 11.1 Å². The predicted octanol–water partition coefficient (Wildman–Crippen LogP) is 2.16. The van der Waals surface area contributed by atoms with E-state index in [0.717, 1.165) is 6.07 Å². The number of halogens is 3. The molecule has 6 heteroatoms. The van der Waals surface area contributed by atoms with Crippen LogP contribution >= 0.6 is 12.4 Å². The van der Waals surface area contributed by atoms with Crippen LogP contribution in [-0.4, -0.2) is 12.5 Å². The molecule has 0 saturated heterocycles. The first-order valence-corrected chi connectivity index (χ1v) is 5.40. The highest BCUT2D eigenvalue weighted by atomic mass is 35.5. The van der Waals surface area contributed by atoms with E-state index >= 15 is 0 Å². The van der Waals surface area contributed by atoms with Crippen molar-refractivity contribution >= 4 is 18.3 Å². The standard InChI is InChI=1S/C12H16F2N2O.ClH/c1-7(2)12(16-11(17)6-15)9-4-3-8(13)5-10(9)14;/h3-5,7,12H,6,15H2,1-2H3,(H,16,17);1H. The quantitative estimate of drug-likeness (QED) is 0.887. The molecule has 0 heterocycles. The summed E-state index contributed by atoms with van der Waals surface area (Å²) in [5, 5.41) is 2.62. The molecule has 1 amide bonds. The molecule has 0 radical (unpaired) electrons. The van der Waals surface area contributed by atoms with E-state index in [1.54, 1.807) is 0 Å². The van der Waals surface area contributed by atoms with Gasteiger partial charge in [-0.15, -0.1) is 12.4 Å². The molecule has 0 spiro atoms. The molecule has 1 unspecified atom stereocenters.